The number of aromatic nitrogens is 2. The van der Waals surface area contributed by atoms with Gasteiger partial charge in [0.15, 0.2) is 0 Å². The highest BCUT2D eigenvalue weighted by Crippen LogP contribution is 2.15. The average Bonchev–Trinajstić information content (AvgIpc) is 2.51. The van der Waals surface area contributed by atoms with Gasteiger partial charge in [0.2, 0.25) is 5.88 Å². The van der Waals surface area contributed by atoms with Gasteiger partial charge < -0.3 is 5.11 Å². The minimum atomic E-state index is -0.547. The number of rotatable bonds is 3. The van der Waals surface area contributed by atoms with Gasteiger partial charge in [-0.2, -0.15) is 5.10 Å². The lowest BCUT2D eigenvalue weighted by molar-refractivity contribution is 0.239. The first-order valence-electron chi connectivity index (χ1n) is 7.29. The molecule has 0 bridgehead atoms. The third kappa shape index (κ3) is 2.86. The Hall–Kier alpha value is -2.05. The first kappa shape index (κ1) is 15.3. The van der Waals surface area contributed by atoms with E-state index in [1.807, 2.05) is 11.9 Å². The summed E-state index contributed by atoms with van der Waals surface area (Å²) in [5, 5.41) is 16.6. The van der Waals surface area contributed by atoms with E-state index in [-0.39, 0.29) is 11.4 Å². The molecule has 0 unspecified atom stereocenters. The summed E-state index contributed by atoms with van der Waals surface area (Å²) in [4.78, 5) is 24.1. The van der Waals surface area contributed by atoms with Gasteiger partial charge >= 0.3 is 5.69 Å². The zero-order valence-electron chi connectivity index (χ0n) is 12.8. The van der Waals surface area contributed by atoms with Crippen LogP contribution in [0.3, 0.4) is 0 Å². The van der Waals surface area contributed by atoms with Crippen LogP contribution >= 0.6 is 0 Å². The fourth-order valence-electron chi connectivity index (χ4n) is 2.53. The van der Waals surface area contributed by atoms with E-state index < -0.39 is 11.2 Å². The molecule has 116 valence electrons. The number of nitrogens with zero attached hydrogens (tertiary/aromatic N) is 4. The summed E-state index contributed by atoms with van der Waals surface area (Å²) in [5.41, 5.74) is -0.416. The van der Waals surface area contributed by atoms with Crippen LogP contribution in [0, 0.1) is 0 Å². The van der Waals surface area contributed by atoms with Gasteiger partial charge in [-0.15, -0.1) is 0 Å². The van der Waals surface area contributed by atoms with Crippen molar-refractivity contribution in [1.82, 2.24) is 14.1 Å². The second kappa shape index (κ2) is 6.15. The zero-order chi connectivity index (χ0) is 15.6. The maximum Gasteiger partial charge on any atom is 0.333 e. The predicted molar refractivity (Wildman–Crippen MR) is 80.8 cm³/mol. The van der Waals surface area contributed by atoms with Gasteiger partial charge in [0, 0.05) is 27.2 Å². The second-order valence-electron chi connectivity index (χ2n) is 5.32. The third-order valence-corrected chi connectivity index (χ3v) is 3.85. The van der Waals surface area contributed by atoms with Crippen LogP contribution in [-0.2, 0) is 14.1 Å². The first-order valence-corrected chi connectivity index (χ1v) is 7.29. The highest BCUT2D eigenvalue weighted by atomic mass is 16.3. The lowest BCUT2D eigenvalue weighted by Crippen LogP contribution is -2.40. The van der Waals surface area contributed by atoms with Crippen molar-refractivity contribution < 1.29 is 5.11 Å². The quantitative estimate of drug-likeness (QED) is 0.818. The maximum atomic E-state index is 12.3. The fourth-order valence-corrected chi connectivity index (χ4v) is 2.53. The fraction of sp³-hybridized carbons (Fsp3) is 0.643. The van der Waals surface area contributed by atoms with Gasteiger partial charge in [-0.05, 0) is 25.7 Å². The lowest BCUT2D eigenvalue weighted by Gasteiger charge is -2.25. The topological polar surface area (TPSA) is 79.8 Å². The molecule has 1 aliphatic rings. The van der Waals surface area contributed by atoms with Crippen molar-refractivity contribution in [3.63, 3.8) is 0 Å². The normalized spacial score (nSPS) is 16.3. The largest absolute Gasteiger partial charge is 0.494 e. The molecule has 0 aliphatic carbocycles. The summed E-state index contributed by atoms with van der Waals surface area (Å²) in [7, 11) is 2.84. The minimum Gasteiger partial charge on any atom is -0.494 e. The van der Waals surface area contributed by atoms with E-state index in [4.69, 9.17) is 0 Å². The van der Waals surface area contributed by atoms with Crippen LogP contribution in [0.5, 0.6) is 5.88 Å². The third-order valence-electron chi connectivity index (χ3n) is 3.85. The Bertz CT molecular complexity index is 666. The summed E-state index contributed by atoms with van der Waals surface area (Å²) in [6.07, 6.45) is 3.87. The van der Waals surface area contributed by atoms with Crippen molar-refractivity contribution in [2.45, 2.75) is 32.6 Å². The Labute approximate surface area is 123 Å². The molecule has 0 atom stereocenters. The molecule has 1 fully saturated rings. The molecule has 1 N–H and O–H groups in total. The van der Waals surface area contributed by atoms with Gasteiger partial charge in [-0.1, -0.05) is 6.92 Å². The van der Waals surface area contributed by atoms with Crippen molar-refractivity contribution in [3.05, 3.63) is 26.4 Å². The van der Waals surface area contributed by atoms with E-state index >= 15 is 0 Å². The van der Waals surface area contributed by atoms with Crippen molar-refractivity contribution >= 4 is 5.71 Å². The van der Waals surface area contributed by atoms with Crippen molar-refractivity contribution in [2.24, 2.45) is 19.2 Å². The lowest BCUT2D eigenvalue weighted by atomic mass is 10.1. The number of hydrogen-bond acceptors (Lipinski definition) is 5. The molecule has 2 rings (SSSR count). The molecule has 1 saturated heterocycles. The summed E-state index contributed by atoms with van der Waals surface area (Å²) in [6.45, 7) is 3.60. The molecule has 0 saturated carbocycles. The monoisotopic (exact) mass is 294 g/mol. The molecule has 2 heterocycles. The van der Waals surface area contributed by atoms with Crippen LogP contribution in [0.2, 0.25) is 0 Å². The summed E-state index contributed by atoms with van der Waals surface area (Å²) in [6, 6.07) is 0. The average molecular weight is 294 g/mol. The van der Waals surface area contributed by atoms with Crippen molar-refractivity contribution in [2.75, 3.05) is 13.1 Å². The Morgan fingerprint density at radius 1 is 1.14 bits per heavy atom. The predicted octanol–water partition coefficient (Wildman–Crippen LogP) is 0.390. The molecular formula is C14H22N4O3. The molecular weight excluding hydrogens is 272 g/mol. The van der Waals surface area contributed by atoms with E-state index in [9.17, 15) is 14.7 Å². The van der Waals surface area contributed by atoms with E-state index in [1.54, 1.807) is 0 Å². The summed E-state index contributed by atoms with van der Waals surface area (Å²) in [5.74, 6) is -0.319. The molecule has 7 heteroatoms. The van der Waals surface area contributed by atoms with Crippen LogP contribution in [0.25, 0.3) is 0 Å². The molecule has 1 aromatic rings. The highest BCUT2D eigenvalue weighted by Gasteiger charge is 2.20. The van der Waals surface area contributed by atoms with Gasteiger partial charge in [0.25, 0.3) is 5.56 Å². The Kier molecular flexibility index (Phi) is 4.50. The van der Waals surface area contributed by atoms with Gasteiger partial charge in [-0.25, -0.2) is 4.79 Å². The smallest absolute Gasteiger partial charge is 0.333 e. The Balaban J connectivity index is 2.55. The Morgan fingerprint density at radius 2 is 1.76 bits per heavy atom. The SMILES string of the molecule is CC/C(=N\N1CCCCC1)c1c(O)n(C)c(=O)n(C)c1=O. The van der Waals surface area contributed by atoms with Gasteiger partial charge in [0.1, 0.15) is 5.56 Å². The molecule has 7 nitrogen and oxygen atoms in total. The van der Waals surface area contributed by atoms with E-state index in [1.165, 1.54) is 20.5 Å². The highest BCUT2D eigenvalue weighted by molar-refractivity contribution is 6.01. The van der Waals surface area contributed by atoms with E-state index in [0.717, 1.165) is 35.1 Å². The van der Waals surface area contributed by atoms with Gasteiger partial charge in [0.05, 0.1) is 5.71 Å². The molecule has 1 aliphatic heterocycles. The van der Waals surface area contributed by atoms with Crippen molar-refractivity contribution in [3.8, 4) is 5.88 Å². The molecule has 0 amide bonds. The van der Waals surface area contributed by atoms with Crippen molar-refractivity contribution in [1.29, 1.82) is 0 Å². The van der Waals surface area contributed by atoms with Crippen LogP contribution in [0.4, 0.5) is 0 Å². The van der Waals surface area contributed by atoms with E-state index in [2.05, 4.69) is 5.10 Å². The second-order valence-corrected chi connectivity index (χ2v) is 5.32. The summed E-state index contributed by atoms with van der Waals surface area (Å²) < 4.78 is 2.06. The maximum absolute atomic E-state index is 12.3. The number of hydrazone groups is 1. The summed E-state index contributed by atoms with van der Waals surface area (Å²) >= 11 is 0. The number of piperidine rings is 1. The zero-order valence-corrected chi connectivity index (χ0v) is 12.8. The molecule has 21 heavy (non-hydrogen) atoms. The van der Waals surface area contributed by atoms with Crippen LogP contribution in [0.1, 0.15) is 38.2 Å². The van der Waals surface area contributed by atoms with Crippen LogP contribution in [-0.4, -0.2) is 38.1 Å². The molecule has 1 aromatic heterocycles. The number of aromatic hydroxyl groups is 1. The van der Waals surface area contributed by atoms with Crippen LogP contribution < -0.4 is 11.2 Å². The Morgan fingerprint density at radius 3 is 2.33 bits per heavy atom. The molecule has 0 radical (unpaired) electrons. The standard InChI is InChI=1S/C14H22N4O3/c1-4-10(15-18-8-6-5-7-9-18)11-12(19)16(2)14(21)17(3)13(11)20/h19H,4-9H2,1-3H3/b15-10+. The van der Waals surface area contributed by atoms with E-state index in [0.29, 0.717) is 12.1 Å². The number of hydrogen-bond donors (Lipinski definition) is 1. The molecule has 0 spiro atoms. The van der Waals surface area contributed by atoms with Crippen LogP contribution in [0.15, 0.2) is 14.7 Å². The minimum absolute atomic E-state index is 0.118. The molecule has 0 aromatic carbocycles. The van der Waals surface area contributed by atoms with Gasteiger partial charge in [-0.3, -0.25) is 18.9 Å². The first-order chi connectivity index (χ1) is 9.97.